The van der Waals surface area contributed by atoms with Crippen molar-refractivity contribution < 1.29 is 19.1 Å². The molecule has 44 heavy (non-hydrogen) atoms. The predicted octanol–water partition coefficient (Wildman–Crippen LogP) is 7.65. The number of benzene rings is 2. The smallest absolute Gasteiger partial charge is 0.131 e. The minimum absolute atomic E-state index is 0.258. The van der Waals surface area contributed by atoms with Gasteiger partial charge in [0, 0.05) is 68.7 Å². The zero-order chi connectivity index (χ0) is 31.1. The number of nitrogens with zero attached hydrogens (tertiary/aromatic N) is 4. The Hall–Kier alpha value is -2.02. The van der Waals surface area contributed by atoms with Crippen LogP contribution in [0.1, 0.15) is 56.9 Å². The number of hydrogen-bond acceptors (Lipinski definition) is 6. The summed E-state index contributed by atoms with van der Waals surface area (Å²) in [5.74, 6) is -0.760. The first kappa shape index (κ1) is 31.9. The van der Waals surface area contributed by atoms with Crippen LogP contribution in [0.3, 0.4) is 0 Å². The minimum atomic E-state index is -1.04. The topological polar surface area (TPSA) is 72.7 Å². The highest BCUT2D eigenvalue weighted by atomic mass is 79.9. The van der Waals surface area contributed by atoms with Crippen molar-refractivity contribution in [2.45, 2.75) is 37.8 Å². The molecule has 6 nitrogen and oxygen atoms in total. The van der Waals surface area contributed by atoms with E-state index >= 15 is 0 Å². The first-order valence-electron chi connectivity index (χ1n) is 14.2. The lowest BCUT2D eigenvalue weighted by molar-refractivity contribution is -0.121. The number of fused-ring (bicyclic) bond motifs is 4. The van der Waals surface area contributed by atoms with Crippen LogP contribution in [0.15, 0.2) is 57.7 Å². The molecule has 2 aromatic heterocycles. The lowest BCUT2D eigenvalue weighted by Crippen LogP contribution is -2.47. The summed E-state index contributed by atoms with van der Waals surface area (Å²) < 4.78 is 30.8. The summed E-state index contributed by atoms with van der Waals surface area (Å²) >= 11 is 18.8. The van der Waals surface area contributed by atoms with E-state index in [0.29, 0.717) is 60.3 Å². The van der Waals surface area contributed by atoms with Crippen molar-refractivity contribution in [1.29, 1.82) is 0 Å². The fourth-order valence-corrected chi connectivity index (χ4v) is 7.53. The first-order valence-corrected chi connectivity index (χ1v) is 16.5. The van der Waals surface area contributed by atoms with Crippen molar-refractivity contribution in [3.63, 3.8) is 0 Å². The molecular weight excluding hydrogens is 741 g/mol. The molecule has 2 aromatic carbocycles. The normalized spacial score (nSPS) is 19.8. The molecule has 4 aromatic rings. The molecule has 0 radical (unpaired) electrons. The summed E-state index contributed by atoms with van der Waals surface area (Å²) in [4.78, 5) is 11.1. The monoisotopic (exact) mass is 766 g/mol. The van der Waals surface area contributed by atoms with E-state index in [-0.39, 0.29) is 17.4 Å². The number of aliphatic hydroxyl groups is 1. The Morgan fingerprint density at radius 2 is 1.16 bits per heavy atom. The number of aliphatic hydroxyl groups excluding tert-OH is 1. The number of aromatic nitrogens is 2. The van der Waals surface area contributed by atoms with Crippen LogP contribution in [0.25, 0.3) is 0 Å². The Balaban J connectivity index is 0.000000162. The summed E-state index contributed by atoms with van der Waals surface area (Å²) in [7, 11) is 0. The maximum absolute atomic E-state index is 15.0. The van der Waals surface area contributed by atoms with Gasteiger partial charge in [0.2, 0.25) is 0 Å². The Labute approximate surface area is 280 Å². The number of halogens is 6. The lowest BCUT2D eigenvalue weighted by atomic mass is 9.95. The number of hydrogen-bond donors (Lipinski definition) is 2. The second-order valence-electron chi connectivity index (χ2n) is 11.1. The second kappa shape index (κ2) is 13.4. The summed E-state index contributed by atoms with van der Waals surface area (Å²) in [6, 6.07) is 9.93. The Kier molecular flexibility index (Phi) is 9.71. The van der Waals surface area contributed by atoms with Crippen LogP contribution in [0.2, 0.25) is 10.0 Å². The van der Waals surface area contributed by atoms with E-state index in [4.69, 9.17) is 23.2 Å². The van der Waals surface area contributed by atoms with Crippen molar-refractivity contribution in [3.8, 4) is 0 Å². The molecule has 12 heteroatoms. The van der Waals surface area contributed by atoms with E-state index in [9.17, 15) is 19.1 Å². The molecule has 3 aliphatic rings. The fourth-order valence-electron chi connectivity index (χ4n) is 6.32. The number of piperazine rings is 1. The van der Waals surface area contributed by atoms with Gasteiger partial charge in [-0.3, -0.25) is 14.9 Å². The minimum Gasteiger partial charge on any atom is -0.382 e. The van der Waals surface area contributed by atoms with Crippen molar-refractivity contribution in [2.75, 3.05) is 26.2 Å². The molecule has 2 atom stereocenters. The highest BCUT2D eigenvalue weighted by molar-refractivity contribution is 9.10. The van der Waals surface area contributed by atoms with Gasteiger partial charge in [0.25, 0.3) is 0 Å². The molecular formula is C32H28Br2Cl2F2N4O2. The van der Waals surface area contributed by atoms with Crippen LogP contribution >= 0.6 is 55.1 Å². The molecule has 1 saturated heterocycles. The largest absolute Gasteiger partial charge is 0.382 e. The van der Waals surface area contributed by atoms with Gasteiger partial charge >= 0.3 is 0 Å². The summed E-state index contributed by atoms with van der Waals surface area (Å²) in [6.07, 6.45) is 5.20. The molecule has 2 N–H and O–H groups in total. The van der Waals surface area contributed by atoms with E-state index in [2.05, 4.69) is 52.8 Å². The van der Waals surface area contributed by atoms with Gasteiger partial charge in [0.05, 0.1) is 17.4 Å². The molecule has 230 valence electrons. The highest BCUT2D eigenvalue weighted by Gasteiger charge is 2.34. The van der Waals surface area contributed by atoms with Crippen LogP contribution in [0.5, 0.6) is 0 Å². The van der Waals surface area contributed by atoms with E-state index in [1.54, 1.807) is 18.5 Å². The maximum atomic E-state index is 15.0. The average Bonchev–Trinajstić information content (AvgIpc) is 3.21. The molecule has 1 fully saturated rings. The lowest BCUT2D eigenvalue weighted by Gasteiger charge is -2.37. The van der Waals surface area contributed by atoms with Crippen LogP contribution in [-0.2, 0) is 25.7 Å². The zero-order valence-electron chi connectivity index (χ0n) is 23.4. The SMILES string of the molecule is OC1c2ncc(Br)cc2CCc2cc(Cl)cc(F)c21.ON1CCN(C2c3ncc(Br)cc3CCc3cc(Cl)cc(F)c32)CC1. The molecule has 1 aliphatic heterocycles. The fraction of sp³-hybridized carbons (Fsp3) is 0.312. The van der Waals surface area contributed by atoms with E-state index in [0.717, 1.165) is 49.7 Å². The molecule has 0 bridgehead atoms. The summed E-state index contributed by atoms with van der Waals surface area (Å²) in [5.41, 5.74) is 6.10. The molecule has 7 rings (SSSR count). The van der Waals surface area contributed by atoms with Crippen LogP contribution in [0.4, 0.5) is 8.78 Å². The van der Waals surface area contributed by atoms with Gasteiger partial charge in [-0.25, -0.2) is 8.78 Å². The molecule has 0 spiro atoms. The third kappa shape index (κ3) is 6.59. The molecule has 0 saturated carbocycles. The Bertz CT molecular complexity index is 1720. The third-order valence-electron chi connectivity index (χ3n) is 8.34. The van der Waals surface area contributed by atoms with Gasteiger partial charge in [-0.2, -0.15) is 5.06 Å². The van der Waals surface area contributed by atoms with Crippen LogP contribution < -0.4 is 0 Å². The number of aryl methyl sites for hydroxylation is 4. The van der Waals surface area contributed by atoms with Crippen molar-refractivity contribution in [2.24, 2.45) is 0 Å². The van der Waals surface area contributed by atoms with Gasteiger partial charge in [0.1, 0.15) is 17.7 Å². The van der Waals surface area contributed by atoms with Crippen molar-refractivity contribution >= 4 is 55.1 Å². The van der Waals surface area contributed by atoms with Gasteiger partial charge in [-0.15, -0.1) is 0 Å². The molecule has 0 amide bonds. The van der Waals surface area contributed by atoms with E-state index < -0.39 is 11.9 Å². The molecule has 2 unspecified atom stereocenters. The highest BCUT2D eigenvalue weighted by Crippen LogP contribution is 2.40. The van der Waals surface area contributed by atoms with Crippen LogP contribution in [-0.4, -0.2) is 56.4 Å². The van der Waals surface area contributed by atoms with E-state index in [1.807, 2.05) is 12.1 Å². The standard InChI is InChI=1S/C18H18BrClFN3O.C14H10BrClFNO/c19-13-7-12-2-1-11-8-14(20)9-15(21)16(11)18(17(12)22-10-13)23-3-5-24(25)6-4-23;15-9-3-8-2-1-7-4-10(16)5-11(17)12(7)14(19)13(8)18-6-9/h7-10,18,25H,1-6H2;3-6,14,19H,1-2H2. The first-order chi connectivity index (χ1) is 21.1. The van der Waals surface area contributed by atoms with Gasteiger partial charge in [-0.05, 0) is 116 Å². The van der Waals surface area contributed by atoms with Gasteiger partial charge in [0.15, 0.2) is 0 Å². The second-order valence-corrected chi connectivity index (χ2v) is 13.8. The zero-order valence-corrected chi connectivity index (χ0v) is 28.1. The average molecular weight is 769 g/mol. The molecule has 3 heterocycles. The number of pyridine rings is 2. The van der Waals surface area contributed by atoms with Crippen LogP contribution in [0, 0.1) is 11.6 Å². The van der Waals surface area contributed by atoms with E-state index in [1.165, 1.54) is 17.2 Å². The summed E-state index contributed by atoms with van der Waals surface area (Å²) in [6.45, 7) is 2.37. The molecule has 2 aliphatic carbocycles. The third-order valence-corrected chi connectivity index (χ3v) is 9.65. The van der Waals surface area contributed by atoms with Gasteiger partial charge < -0.3 is 10.3 Å². The maximum Gasteiger partial charge on any atom is 0.131 e. The quantitative estimate of drug-likeness (QED) is 0.208. The Morgan fingerprint density at radius 3 is 1.75 bits per heavy atom. The summed E-state index contributed by atoms with van der Waals surface area (Å²) in [5, 5.41) is 22.2. The van der Waals surface area contributed by atoms with Gasteiger partial charge in [-0.1, -0.05) is 23.2 Å². The number of hydroxylamine groups is 2. The van der Waals surface area contributed by atoms with Crippen molar-refractivity contribution in [3.05, 3.63) is 124 Å². The number of rotatable bonds is 1. The predicted molar refractivity (Wildman–Crippen MR) is 172 cm³/mol. The Morgan fingerprint density at radius 1 is 0.682 bits per heavy atom. The van der Waals surface area contributed by atoms with Crippen molar-refractivity contribution in [1.82, 2.24) is 19.9 Å².